The number of piperidine rings is 2. The maximum absolute atomic E-state index is 15.0. The molecule has 0 aromatic carbocycles. The van der Waals surface area contributed by atoms with E-state index in [1.807, 2.05) is 0 Å². The number of ether oxygens (including phenoxy) is 3. The minimum Gasteiger partial charge on any atom is -0.477 e. The molecule has 2 fully saturated rings. The van der Waals surface area contributed by atoms with Gasteiger partial charge in [0.05, 0.1) is 25.6 Å². The number of halogens is 2. The number of anilines is 3. The van der Waals surface area contributed by atoms with Gasteiger partial charge in [-0.15, -0.1) is 0 Å². The number of nitrogens with zero attached hydrogens (tertiary/aromatic N) is 6. The molecule has 41 heavy (non-hydrogen) atoms. The van der Waals surface area contributed by atoms with E-state index < -0.39 is 36.1 Å². The lowest BCUT2D eigenvalue weighted by Gasteiger charge is -2.42. The molecule has 1 unspecified atom stereocenters. The summed E-state index contributed by atoms with van der Waals surface area (Å²) in [5.74, 6) is -2.53. The Bertz CT molecular complexity index is 1180. The second-order valence-corrected chi connectivity index (χ2v) is 9.81. The van der Waals surface area contributed by atoms with Crippen LogP contribution in [-0.2, 0) is 9.47 Å². The third-order valence-electron chi connectivity index (χ3n) is 6.93. The summed E-state index contributed by atoms with van der Waals surface area (Å²) in [5.41, 5.74) is -0.756. The smallest absolute Gasteiger partial charge is 0.413 e. The molecule has 2 aromatic rings. The SMILES string of the molecule is CCOc1cnc(NC(=O)N(C)C2CN(c3nccc(NC(=O)OC4(COC)CCNCC4)n3)CCC2(F)F)cn1. The summed E-state index contributed by atoms with van der Waals surface area (Å²) < 4.78 is 46.2. The number of carbonyl (C=O) groups is 2. The molecule has 2 aliphatic rings. The molecule has 0 radical (unpaired) electrons. The van der Waals surface area contributed by atoms with Crippen LogP contribution in [0.5, 0.6) is 5.88 Å². The zero-order valence-electron chi connectivity index (χ0n) is 23.2. The Balaban J connectivity index is 1.40. The van der Waals surface area contributed by atoms with Crippen molar-refractivity contribution < 1.29 is 32.6 Å². The van der Waals surface area contributed by atoms with Crippen molar-refractivity contribution in [3.63, 3.8) is 0 Å². The molecule has 0 aliphatic carbocycles. The van der Waals surface area contributed by atoms with Gasteiger partial charge in [-0.25, -0.2) is 33.3 Å². The van der Waals surface area contributed by atoms with E-state index in [9.17, 15) is 18.4 Å². The Morgan fingerprint density at radius 1 is 1.15 bits per heavy atom. The van der Waals surface area contributed by atoms with Crippen LogP contribution in [0.2, 0.25) is 0 Å². The number of alkyl halides is 2. The number of likely N-dealkylation sites (N-methyl/N-ethyl adjacent to an activating group) is 1. The van der Waals surface area contributed by atoms with Gasteiger partial charge in [-0.2, -0.15) is 4.98 Å². The van der Waals surface area contributed by atoms with Crippen molar-refractivity contribution in [2.45, 2.75) is 43.8 Å². The van der Waals surface area contributed by atoms with Crippen molar-refractivity contribution in [3.8, 4) is 5.88 Å². The number of urea groups is 1. The molecule has 2 aliphatic heterocycles. The van der Waals surface area contributed by atoms with Crippen LogP contribution in [-0.4, -0.2) is 108 Å². The first-order valence-corrected chi connectivity index (χ1v) is 13.3. The van der Waals surface area contributed by atoms with Crippen molar-refractivity contribution in [3.05, 3.63) is 24.7 Å². The molecule has 0 saturated carbocycles. The Morgan fingerprint density at radius 2 is 1.93 bits per heavy atom. The third kappa shape index (κ3) is 7.64. The van der Waals surface area contributed by atoms with Crippen LogP contribution >= 0.6 is 0 Å². The Hall–Kier alpha value is -3.92. The highest BCUT2D eigenvalue weighted by Crippen LogP contribution is 2.33. The Kier molecular flexibility index (Phi) is 9.65. The van der Waals surface area contributed by atoms with E-state index in [1.165, 1.54) is 36.6 Å². The highest BCUT2D eigenvalue weighted by molar-refractivity contribution is 5.88. The topological polar surface area (TPSA) is 156 Å². The fourth-order valence-electron chi connectivity index (χ4n) is 4.73. The van der Waals surface area contributed by atoms with E-state index in [-0.39, 0.29) is 43.2 Å². The Labute approximate surface area is 236 Å². The van der Waals surface area contributed by atoms with E-state index in [1.54, 1.807) is 14.0 Å². The first kappa shape index (κ1) is 30.0. The maximum atomic E-state index is 15.0. The van der Waals surface area contributed by atoms with Crippen LogP contribution < -0.4 is 25.6 Å². The van der Waals surface area contributed by atoms with Crippen LogP contribution in [0.3, 0.4) is 0 Å². The van der Waals surface area contributed by atoms with Crippen molar-refractivity contribution in [2.75, 3.05) is 69.1 Å². The van der Waals surface area contributed by atoms with E-state index in [4.69, 9.17) is 14.2 Å². The summed E-state index contributed by atoms with van der Waals surface area (Å²) >= 11 is 0. The van der Waals surface area contributed by atoms with E-state index in [0.29, 0.717) is 32.5 Å². The van der Waals surface area contributed by atoms with Gasteiger partial charge in [-0.3, -0.25) is 10.6 Å². The van der Waals surface area contributed by atoms with Gasteiger partial charge >= 0.3 is 12.1 Å². The molecule has 0 bridgehead atoms. The van der Waals surface area contributed by atoms with Crippen LogP contribution in [0.25, 0.3) is 0 Å². The molecular formula is C25H35F2N9O5. The molecule has 0 spiro atoms. The van der Waals surface area contributed by atoms with Gasteiger partial charge in [0.1, 0.15) is 17.5 Å². The number of amides is 3. The van der Waals surface area contributed by atoms with Crippen LogP contribution in [0.15, 0.2) is 24.7 Å². The van der Waals surface area contributed by atoms with Gasteiger partial charge in [0, 0.05) is 52.7 Å². The van der Waals surface area contributed by atoms with E-state index in [2.05, 4.69) is 35.9 Å². The lowest BCUT2D eigenvalue weighted by atomic mass is 9.93. The fraction of sp³-hybridized carbons (Fsp3) is 0.600. The van der Waals surface area contributed by atoms with Crippen molar-refractivity contribution in [2.24, 2.45) is 0 Å². The lowest BCUT2D eigenvalue weighted by molar-refractivity contribution is -0.0760. The van der Waals surface area contributed by atoms with Gasteiger partial charge < -0.3 is 29.3 Å². The second kappa shape index (κ2) is 13.2. The van der Waals surface area contributed by atoms with Gasteiger partial charge in [0.2, 0.25) is 11.8 Å². The normalized spacial score (nSPS) is 19.6. The van der Waals surface area contributed by atoms with Crippen LogP contribution in [0, 0.1) is 0 Å². The number of carbonyl (C=O) groups excluding carboxylic acids is 2. The predicted molar refractivity (Wildman–Crippen MR) is 144 cm³/mol. The molecule has 2 aromatic heterocycles. The zero-order chi connectivity index (χ0) is 29.5. The number of aromatic nitrogens is 4. The largest absolute Gasteiger partial charge is 0.477 e. The first-order chi connectivity index (χ1) is 19.6. The highest BCUT2D eigenvalue weighted by atomic mass is 19.3. The third-order valence-corrected chi connectivity index (χ3v) is 6.93. The molecule has 3 amide bonds. The minimum absolute atomic E-state index is 0.0544. The molecule has 1 atom stereocenters. The molecule has 3 N–H and O–H groups in total. The zero-order valence-corrected chi connectivity index (χ0v) is 23.2. The summed E-state index contributed by atoms with van der Waals surface area (Å²) in [4.78, 5) is 44.6. The van der Waals surface area contributed by atoms with E-state index in [0.717, 1.165) is 4.90 Å². The molecular weight excluding hydrogens is 544 g/mol. The summed E-state index contributed by atoms with van der Waals surface area (Å²) in [7, 11) is 2.83. The number of hydrogen-bond donors (Lipinski definition) is 3. The summed E-state index contributed by atoms with van der Waals surface area (Å²) in [6.45, 7) is 3.53. The van der Waals surface area contributed by atoms with Crippen molar-refractivity contribution in [1.29, 1.82) is 0 Å². The number of nitrogens with one attached hydrogen (secondary N) is 3. The average Bonchev–Trinajstić information content (AvgIpc) is 2.94. The maximum Gasteiger partial charge on any atom is 0.413 e. The monoisotopic (exact) mass is 579 g/mol. The van der Waals surface area contributed by atoms with Crippen molar-refractivity contribution in [1.82, 2.24) is 30.2 Å². The second-order valence-electron chi connectivity index (χ2n) is 9.81. The average molecular weight is 580 g/mol. The minimum atomic E-state index is -3.17. The predicted octanol–water partition coefficient (Wildman–Crippen LogP) is 2.36. The quantitative estimate of drug-likeness (QED) is 0.401. The summed E-state index contributed by atoms with van der Waals surface area (Å²) in [6, 6.07) is -0.799. The van der Waals surface area contributed by atoms with Crippen molar-refractivity contribution >= 4 is 29.7 Å². The molecule has 224 valence electrons. The molecule has 14 nitrogen and oxygen atoms in total. The molecule has 4 heterocycles. The van der Waals surface area contributed by atoms with Gasteiger partial charge in [0.15, 0.2) is 5.82 Å². The highest BCUT2D eigenvalue weighted by Gasteiger charge is 2.48. The van der Waals surface area contributed by atoms with Gasteiger partial charge in [-0.05, 0) is 26.1 Å². The van der Waals surface area contributed by atoms with Crippen LogP contribution in [0.4, 0.5) is 36.0 Å². The molecule has 4 rings (SSSR count). The standard InChI is InChI=1S/C25H35F2N9O5/c1-4-40-20-14-30-19(13-31-20)33-22(37)35(2)17-15-36(12-8-25(17,26)27)21-29-9-5-18(32-21)34-23(38)41-24(16-39-3)6-10-28-11-7-24/h5,9,13-14,17,28H,4,6-8,10-12,15-16H2,1-3H3,(H,30,33,37)(H,29,32,34,38). The number of methoxy groups -OCH3 is 1. The van der Waals surface area contributed by atoms with Gasteiger partial charge in [-0.1, -0.05) is 0 Å². The molecule has 16 heteroatoms. The summed E-state index contributed by atoms with van der Waals surface area (Å²) in [6.07, 6.45) is 3.98. The first-order valence-electron chi connectivity index (χ1n) is 13.3. The van der Waals surface area contributed by atoms with E-state index >= 15 is 0 Å². The molecule has 2 saturated heterocycles. The fourth-order valence-corrected chi connectivity index (χ4v) is 4.73. The summed E-state index contributed by atoms with van der Waals surface area (Å²) in [5, 5.41) is 8.30. The van der Waals surface area contributed by atoms with Crippen LogP contribution in [0.1, 0.15) is 26.2 Å². The Morgan fingerprint density at radius 3 is 2.61 bits per heavy atom. The number of hydrogen-bond acceptors (Lipinski definition) is 11. The van der Waals surface area contributed by atoms with Gasteiger partial charge in [0.25, 0.3) is 5.92 Å². The number of rotatable bonds is 9. The lowest BCUT2D eigenvalue weighted by Crippen LogP contribution is -2.60.